The maximum absolute atomic E-state index is 12.4. The molecule has 0 radical (unpaired) electrons. The molecule has 0 bridgehead atoms. The van der Waals surface area contributed by atoms with E-state index in [0.717, 1.165) is 28.9 Å². The maximum Gasteiger partial charge on any atom is 0.343 e. The van der Waals surface area contributed by atoms with E-state index in [0.29, 0.717) is 17.9 Å². The second-order valence-corrected chi connectivity index (χ2v) is 7.07. The number of ether oxygens (including phenoxy) is 2. The van der Waals surface area contributed by atoms with Gasteiger partial charge < -0.3 is 9.47 Å². The van der Waals surface area contributed by atoms with Crippen molar-refractivity contribution < 1.29 is 14.3 Å². The molecule has 0 atom stereocenters. The molecule has 0 aliphatic heterocycles. The fraction of sp³-hybridized carbons (Fsp3) is 0.222. The van der Waals surface area contributed by atoms with E-state index in [1.807, 2.05) is 36.4 Å². The summed E-state index contributed by atoms with van der Waals surface area (Å²) in [6.07, 6.45) is 10.0. The van der Waals surface area contributed by atoms with Crippen molar-refractivity contribution in [2.24, 2.45) is 0 Å². The molecule has 3 nitrogen and oxygen atoms in total. The Morgan fingerprint density at radius 3 is 2.00 bits per heavy atom. The van der Waals surface area contributed by atoms with Crippen LogP contribution >= 0.6 is 0 Å². The standard InChI is InChI=1S/C27H26O3/c1-3-5-6-7-20-29-25-16-14-24(15-17-25)27(28)30-26-18-12-23(13-19-26)22-10-8-21(4-2)9-11-22/h2,8-19H,3,5-7,20H2,1H3. The smallest absolute Gasteiger partial charge is 0.343 e. The third-order valence-corrected chi connectivity index (χ3v) is 4.81. The quantitative estimate of drug-likeness (QED) is 0.178. The highest BCUT2D eigenvalue weighted by Crippen LogP contribution is 2.23. The molecule has 3 heteroatoms. The van der Waals surface area contributed by atoms with Crippen molar-refractivity contribution >= 4 is 5.97 Å². The number of benzene rings is 3. The van der Waals surface area contributed by atoms with Gasteiger partial charge in [-0.1, -0.05) is 56.4 Å². The van der Waals surface area contributed by atoms with Gasteiger partial charge in [0.15, 0.2) is 0 Å². The average molecular weight is 399 g/mol. The summed E-state index contributed by atoms with van der Waals surface area (Å²) in [5, 5.41) is 0. The molecular weight excluding hydrogens is 372 g/mol. The number of hydrogen-bond acceptors (Lipinski definition) is 3. The molecule has 3 aromatic carbocycles. The van der Waals surface area contributed by atoms with Gasteiger partial charge >= 0.3 is 5.97 Å². The van der Waals surface area contributed by atoms with Crippen molar-refractivity contribution in [1.82, 2.24) is 0 Å². The fourth-order valence-corrected chi connectivity index (χ4v) is 3.05. The minimum Gasteiger partial charge on any atom is -0.494 e. The van der Waals surface area contributed by atoms with Crippen LogP contribution in [0.25, 0.3) is 11.1 Å². The zero-order valence-electron chi connectivity index (χ0n) is 17.3. The van der Waals surface area contributed by atoms with Crippen LogP contribution in [0.15, 0.2) is 72.8 Å². The molecule has 3 aromatic rings. The van der Waals surface area contributed by atoms with Crippen LogP contribution in [0.5, 0.6) is 11.5 Å². The first-order valence-electron chi connectivity index (χ1n) is 10.3. The minimum atomic E-state index is -0.393. The molecule has 0 aliphatic rings. The third kappa shape index (κ3) is 5.99. The summed E-state index contributed by atoms with van der Waals surface area (Å²) in [6, 6.07) is 22.2. The average Bonchev–Trinajstić information content (AvgIpc) is 2.80. The Kier molecular flexibility index (Phi) is 7.69. The summed E-state index contributed by atoms with van der Waals surface area (Å²) in [7, 11) is 0. The molecule has 0 amide bonds. The van der Waals surface area contributed by atoms with E-state index in [2.05, 4.69) is 12.8 Å². The molecule has 0 N–H and O–H groups in total. The van der Waals surface area contributed by atoms with Crippen molar-refractivity contribution in [3.8, 4) is 35.0 Å². The van der Waals surface area contributed by atoms with Gasteiger partial charge in [-0.25, -0.2) is 4.79 Å². The Morgan fingerprint density at radius 1 is 0.800 bits per heavy atom. The lowest BCUT2D eigenvalue weighted by Crippen LogP contribution is -2.08. The Morgan fingerprint density at radius 2 is 1.40 bits per heavy atom. The van der Waals surface area contributed by atoms with Gasteiger partial charge in [0.25, 0.3) is 0 Å². The summed E-state index contributed by atoms with van der Waals surface area (Å²) in [4.78, 5) is 12.4. The SMILES string of the molecule is C#Cc1ccc(-c2ccc(OC(=O)c3ccc(OCCCCCC)cc3)cc2)cc1. The number of carbonyl (C=O) groups is 1. The summed E-state index contributed by atoms with van der Waals surface area (Å²) in [5.41, 5.74) is 3.41. The summed E-state index contributed by atoms with van der Waals surface area (Å²) in [6.45, 7) is 2.88. The van der Waals surface area contributed by atoms with Gasteiger partial charge in [0.1, 0.15) is 11.5 Å². The van der Waals surface area contributed by atoms with Crippen LogP contribution in [0.4, 0.5) is 0 Å². The number of hydrogen-bond donors (Lipinski definition) is 0. The highest BCUT2D eigenvalue weighted by Gasteiger charge is 2.09. The van der Waals surface area contributed by atoms with E-state index >= 15 is 0 Å². The van der Waals surface area contributed by atoms with Gasteiger partial charge in [-0.15, -0.1) is 6.42 Å². The van der Waals surface area contributed by atoms with Crippen LogP contribution in [0, 0.1) is 12.3 Å². The number of esters is 1. The van der Waals surface area contributed by atoms with Crippen molar-refractivity contribution in [3.63, 3.8) is 0 Å². The third-order valence-electron chi connectivity index (χ3n) is 4.81. The molecule has 3 rings (SSSR count). The number of carbonyl (C=O) groups excluding carboxylic acids is 1. The molecule has 152 valence electrons. The first kappa shape index (κ1) is 21.2. The predicted molar refractivity (Wildman–Crippen MR) is 121 cm³/mol. The van der Waals surface area contributed by atoms with E-state index < -0.39 is 5.97 Å². The van der Waals surface area contributed by atoms with E-state index in [1.165, 1.54) is 19.3 Å². The van der Waals surface area contributed by atoms with Crippen LogP contribution in [0.2, 0.25) is 0 Å². The monoisotopic (exact) mass is 398 g/mol. The number of unbranched alkanes of at least 4 members (excludes halogenated alkanes) is 3. The minimum absolute atomic E-state index is 0.393. The Hall–Kier alpha value is -3.51. The molecule has 0 saturated carbocycles. The lowest BCUT2D eigenvalue weighted by Gasteiger charge is -2.08. The van der Waals surface area contributed by atoms with E-state index in [1.54, 1.807) is 36.4 Å². The van der Waals surface area contributed by atoms with E-state index in [4.69, 9.17) is 15.9 Å². The van der Waals surface area contributed by atoms with Gasteiger partial charge in [0, 0.05) is 5.56 Å². The largest absolute Gasteiger partial charge is 0.494 e. The van der Waals surface area contributed by atoms with Crippen molar-refractivity contribution in [2.45, 2.75) is 32.6 Å². The van der Waals surface area contributed by atoms with Gasteiger partial charge in [0.05, 0.1) is 12.2 Å². The molecule has 0 fully saturated rings. The predicted octanol–water partition coefficient (Wildman–Crippen LogP) is 6.51. The molecule has 0 aliphatic carbocycles. The van der Waals surface area contributed by atoms with Gasteiger partial charge in [-0.05, 0) is 66.1 Å². The molecule has 30 heavy (non-hydrogen) atoms. The zero-order valence-corrected chi connectivity index (χ0v) is 17.3. The second kappa shape index (κ2) is 10.9. The molecule has 0 heterocycles. The van der Waals surface area contributed by atoms with Crippen molar-refractivity contribution in [2.75, 3.05) is 6.61 Å². The van der Waals surface area contributed by atoms with Crippen molar-refractivity contribution in [3.05, 3.63) is 83.9 Å². The maximum atomic E-state index is 12.4. The van der Waals surface area contributed by atoms with Gasteiger partial charge in [-0.3, -0.25) is 0 Å². The summed E-state index contributed by atoms with van der Waals surface area (Å²) < 4.78 is 11.2. The first-order valence-corrected chi connectivity index (χ1v) is 10.3. The number of rotatable bonds is 9. The van der Waals surface area contributed by atoms with Gasteiger partial charge in [-0.2, -0.15) is 0 Å². The molecule has 0 saturated heterocycles. The van der Waals surface area contributed by atoms with Crippen LogP contribution in [0.3, 0.4) is 0 Å². The van der Waals surface area contributed by atoms with E-state index in [9.17, 15) is 4.79 Å². The topological polar surface area (TPSA) is 35.5 Å². The highest BCUT2D eigenvalue weighted by atomic mass is 16.5. The molecule has 0 spiro atoms. The van der Waals surface area contributed by atoms with Crippen LogP contribution < -0.4 is 9.47 Å². The van der Waals surface area contributed by atoms with Gasteiger partial charge in [0.2, 0.25) is 0 Å². The van der Waals surface area contributed by atoms with Crippen LogP contribution in [-0.2, 0) is 0 Å². The lowest BCUT2D eigenvalue weighted by molar-refractivity contribution is 0.0734. The zero-order chi connectivity index (χ0) is 21.2. The fourth-order valence-electron chi connectivity index (χ4n) is 3.05. The molecule has 0 unspecified atom stereocenters. The normalized spacial score (nSPS) is 10.3. The first-order chi connectivity index (χ1) is 14.7. The number of terminal acetylenes is 1. The van der Waals surface area contributed by atoms with Crippen LogP contribution in [0.1, 0.15) is 48.5 Å². The Bertz CT molecular complexity index is 978. The molecular formula is C27H26O3. The Balaban J connectivity index is 1.54. The summed E-state index contributed by atoms with van der Waals surface area (Å²) in [5.74, 6) is 3.48. The van der Waals surface area contributed by atoms with Crippen molar-refractivity contribution in [1.29, 1.82) is 0 Å². The summed E-state index contributed by atoms with van der Waals surface area (Å²) >= 11 is 0. The van der Waals surface area contributed by atoms with E-state index in [-0.39, 0.29) is 0 Å². The molecule has 0 aromatic heterocycles. The lowest BCUT2D eigenvalue weighted by atomic mass is 10.0. The highest BCUT2D eigenvalue weighted by molar-refractivity contribution is 5.91. The van der Waals surface area contributed by atoms with Crippen LogP contribution in [-0.4, -0.2) is 12.6 Å². The Labute approximate surface area is 178 Å². The second-order valence-electron chi connectivity index (χ2n) is 7.07.